The zero-order valence-electron chi connectivity index (χ0n) is 11.8. The lowest BCUT2D eigenvalue weighted by atomic mass is 9.78. The first-order chi connectivity index (χ1) is 10.2. The summed E-state index contributed by atoms with van der Waals surface area (Å²) in [6, 6.07) is 17.5. The zero-order valence-corrected chi connectivity index (χ0v) is 12.6. The summed E-state index contributed by atoms with van der Waals surface area (Å²) in [6.45, 7) is 0. The van der Waals surface area contributed by atoms with Gasteiger partial charge in [-0.25, -0.2) is 0 Å². The molecular weight excluding hydrogens is 282 g/mol. The first kappa shape index (κ1) is 14.2. The number of carbonyl (C=O) groups is 1. The fraction of sp³-hybridized carbons (Fsp3) is 0.278. The molecule has 2 nitrogen and oxygen atoms in total. The maximum atomic E-state index is 12.9. The third-order valence-corrected chi connectivity index (χ3v) is 4.67. The molecule has 0 spiro atoms. The van der Waals surface area contributed by atoms with Crippen LogP contribution >= 0.6 is 11.6 Å². The van der Waals surface area contributed by atoms with Crippen LogP contribution in [0.25, 0.3) is 0 Å². The molecule has 1 N–H and O–H groups in total. The first-order valence-corrected chi connectivity index (χ1v) is 7.72. The molecular formula is C18H18ClNO. The third-order valence-electron chi connectivity index (χ3n) is 4.34. The minimum atomic E-state index is -0.416. The van der Waals surface area contributed by atoms with Crippen molar-refractivity contribution in [3.63, 3.8) is 0 Å². The first-order valence-electron chi connectivity index (χ1n) is 7.34. The lowest BCUT2D eigenvalue weighted by Crippen LogP contribution is -2.38. The fourth-order valence-electron chi connectivity index (χ4n) is 3.19. The van der Waals surface area contributed by atoms with Gasteiger partial charge in [0.25, 0.3) is 0 Å². The van der Waals surface area contributed by atoms with Gasteiger partial charge < -0.3 is 5.32 Å². The Morgan fingerprint density at radius 1 is 0.952 bits per heavy atom. The van der Waals surface area contributed by atoms with Gasteiger partial charge in [-0.3, -0.25) is 4.79 Å². The van der Waals surface area contributed by atoms with E-state index in [1.165, 1.54) is 0 Å². The van der Waals surface area contributed by atoms with Gasteiger partial charge >= 0.3 is 0 Å². The van der Waals surface area contributed by atoms with Crippen LogP contribution in [0.5, 0.6) is 0 Å². The number of para-hydroxylation sites is 1. The van der Waals surface area contributed by atoms with Gasteiger partial charge in [-0.2, -0.15) is 0 Å². The molecule has 3 heteroatoms. The molecule has 0 unspecified atom stereocenters. The van der Waals surface area contributed by atoms with Crippen molar-refractivity contribution >= 4 is 23.2 Å². The van der Waals surface area contributed by atoms with Crippen molar-refractivity contribution in [2.24, 2.45) is 0 Å². The summed E-state index contributed by atoms with van der Waals surface area (Å²) in [5.74, 6) is 0.0549. The number of anilines is 1. The number of carbonyl (C=O) groups excluding carboxylic acids is 1. The molecule has 1 aliphatic carbocycles. The molecule has 0 atom stereocenters. The van der Waals surface area contributed by atoms with Crippen molar-refractivity contribution in [1.29, 1.82) is 0 Å². The summed E-state index contributed by atoms with van der Waals surface area (Å²) in [6.07, 6.45) is 3.97. The molecule has 2 aromatic carbocycles. The van der Waals surface area contributed by atoms with Crippen molar-refractivity contribution in [1.82, 2.24) is 0 Å². The predicted molar refractivity (Wildman–Crippen MR) is 86.7 cm³/mol. The van der Waals surface area contributed by atoms with Crippen LogP contribution in [0.15, 0.2) is 54.6 Å². The van der Waals surface area contributed by atoms with Gasteiger partial charge in [0.15, 0.2) is 0 Å². The molecule has 0 bridgehead atoms. The lowest BCUT2D eigenvalue weighted by molar-refractivity contribution is -0.121. The van der Waals surface area contributed by atoms with Crippen LogP contribution in [0.3, 0.4) is 0 Å². The van der Waals surface area contributed by atoms with E-state index in [2.05, 4.69) is 17.4 Å². The van der Waals surface area contributed by atoms with Crippen LogP contribution in [-0.4, -0.2) is 5.91 Å². The molecule has 2 aromatic rings. The highest BCUT2D eigenvalue weighted by Gasteiger charge is 2.42. The highest BCUT2D eigenvalue weighted by atomic mass is 35.5. The van der Waals surface area contributed by atoms with E-state index >= 15 is 0 Å². The number of hydrogen-bond acceptors (Lipinski definition) is 1. The molecule has 1 aliphatic rings. The molecule has 0 radical (unpaired) electrons. The Morgan fingerprint density at radius 3 is 2.24 bits per heavy atom. The second-order valence-corrected chi connectivity index (χ2v) is 6.00. The van der Waals surface area contributed by atoms with Gasteiger partial charge in [0.1, 0.15) is 0 Å². The highest BCUT2D eigenvalue weighted by Crippen LogP contribution is 2.42. The molecule has 0 saturated heterocycles. The van der Waals surface area contributed by atoms with E-state index < -0.39 is 5.41 Å². The van der Waals surface area contributed by atoms with E-state index in [1.54, 1.807) is 6.07 Å². The lowest BCUT2D eigenvalue weighted by Gasteiger charge is -2.28. The Labute approximate surface area is 130 Å². The SMILES string of the molecule is O=C(Nc1ccccc1Cl)C1(c2ccccc2)CCCC1. The van der Waals surface area contributed by atoms with E-state index in [-0.39, 0.29) is 5.91 Å². The quantitative estimate of drug-likeness (QED) is 0.867. The van der Waals surface area contributed by atoms with Gasteiger partial charge in [-0.05, 0) is 30.5 Å². The predicted octanol–water partition coefficient (Wildman–Crippen LogP) is 4.79. The van der Waals surface area contributed by atoms with Gasteiger partial charge in [0.05, 0.1) is 16.1 Å². The molecule has 1 fully saturated rings. The number of amides is 1. The molecule has 21 heavy (non-hydrogen) atoms. The summed E-state index contributed by atoms with van der Waals surface area (Å²) in [5.41, 5.74) is 1.37. The average molecular weight is 300 g/mol. The number of nitrogens with one attached hydrogen (secondary N) is 1. The summed E-state index contributed by atoms with van der Waals surface area (Å²) in [5, 5.41) is 3.60. The van der Waals surface area contributed by atoms with E-state index in [9.17, 15) is 4.79 Å². The molecule has 108 valence electrons. The summed E-state index contributed by atoms with van der Waals surface area (Å²) in [4.78, 5) is 12.9. The maximum Gasteiger partial charge on any atom is 0.235 e. The van der Waals surface area contributed by atoms with Crippen LogP contribution in [0.1, 0.15) is 31.2 Å². The molecule has 0 aliphatic heterocycles. The van der Waals surface area contributed by atoms with E-state index in [1.807, 2.05) is 36.4 Å². The van der Waals surface area contributed by atoms with E-state index in [0.29, 0.717) is 10.7 Å². The largest absolute Gasteiger partial charge is 0.324 e. The van der Waals surface area contributed by atoms with Crippen molar-refractivity contribution in [3.05, 3.63) is 65.2 Å². The third kappa shape index (κ3) is 2.68. The van der Waals surface area contributed by atoms with Crippen molar-refractivity contribution in [2.75, 3.05) is 5.32 Å². The van der Waals surface area contributed by atoms with E-state index in [0.717, 1.165) is 31.2 Å². The van der Waals surface area contributed by atoms with Crippen LogP contribution < -0.4 is 5.32 Å². The average Bonchev–Trinajstić information content (AvgIpc) is 3.01. The second kappa shape index (κ2) is 5.90. The monoisotopic (exact) mass is 299 g/mol. The maximum absolute atomic E-state index is 12.9. The second-order valence-electron chi connectivity index (χ2n) is 5.59. The summed E-state index contributed by atoms with van der Waals surface area (Å²) >= 11 is 6.15. The normalized spacial score (nSPS) is 16.6. The Kier molecular flexibility index (Phi) is 3.98. The summed E-state index contributed by atoms with van der Waals surface area (Å²) in [7, 11) is 0. The van der Waals surface area contributed by atoms with Gasteiger partial charge in [0, 0.05) is 0 Å². The van der Waals surface area contributed by atoms with Gasteiger partial charge in [-0.1, -0.05) is 66.9 Å². The molecule has 0 aromatic heterocycles. The minimum Gasteiger partial charge on any atom is -0.324 e. The van der Waals surface area contributed by atoms with Gasteiger partial charge in [-0.15, -0.1) is 0 Å². The summed E-state index contributed by atoms with van der Waals surface area (Å²) < 4.78 is 0. The Balaban J connectivity index is 1.92. The molecule has 1 saturated carbocycles. The van der Waals surface area contributed by atoms with Crippen LogP contribution in [-0.2, 0) is 10.2 Å². The number of benzene rings is 2. The van der Waals surface area contributed by atoms with Crippen LogP contribution in [0.4, 0.5) is 5.69 Å². The molecule has 3 rings (SSSR count). The van der Waals surface area contributed by atoms with E-state index in [4.69, 9.17) is 11.6 Å². The Bertz CT molecular complexity index is 633. The van der Waals surface area contributed by atoms with Crippen LogP contribution in [0, 0.1) is 0 Å². The molecule has 0 heterocycles. The van der Waals surface area contributed by atoms with Crippen molar-refractivity contribution in [2.45, 2.75) is 31.1 Å². The number of hydrogen-bond donors (Lipinski definition) is 1. The highest BCUT2D eigenvalue weighted by molar-refractivity contribution is 6.33. The smallest absolute Gasteiger partial charge is 0.235 e. The minimum absolute atomic E-state index is 0.0549. The Morgan fingerprint density at radius 2 is 1.57 bits per heavy atom. The fourth-order valence-corrected chi connectivity index (χ4v) is 3.37. The van der Waals surface area contributed by atoms with Gasteiger partial charge in [0.2, 0.25) is 5.91 Å². The number of halogens is 1. The Hall–Kier alpha value is -1.80. The topological polar surface area (TPSA) is 29.1 Å². The standard InChI is InChI=1S/C18H18ClNO/c19-15-10-4-5-11-16(15)20-17(21)18(12-6-7-13-18)14-8-2-1-3-9-14/h1-5,8-11H,6-7,12-13H2,(H,20,21). The molecule has 1 amide bonds. The zero-order chi connectivity index (χ0) is 14.7. The van der Waals surface area contributed by atoms with Crippen molar-refractivity contribution in [3.8, 4) is 0 Å². The van der Waals surface area contributed by atoms with Crippen LogP contribution in [0.2, 0.25) is 5.02 Å². The van der Waals surface area contributed by atoms with Crippen molar-refractivity contribution < 1.29 is 4.79 Å². The number of rotatable bonds is 3.